The highest BCUT2D eigenvalue weighted by Crippen LogP contribution is 2.38. The molecule has 0 bridgehead atoms. The van der Waals surface area contributed by atoms with Gasteiger partial charge in [-0.2, -0.15) is 5.10 Å². The lowest BCUT2D eigenvalue weighted by atomic mass is 9.96. The van der Waals surface area contributed by atoms with Crippen molar-refractivity contribution in [3.05, 3.63) is 83.4 Å². The lowest BCUT2D eigenvalue weighted by Crippen LogP contribution is -2.40. The Morgan fingerprint density at radius 3 is 2.13 bits per heavy atom. The Hall–Kier alpha value is -2.99. The molecule has 2 heterocycles. The predicted octanol–water partition coefficient (Wildman–Crippen LogP) is 4.19. The summed E-state index contributed by atoms with van der Waals surface area (Å²) in [6.07, 6.45) is 3.98. The minimum Gasteiger partial charge on any atom is -0.359 e. The number of carbonyl (C=O) groups excluding carboxylic acids is 1. The van der Waals surface area contributed by atoms with E-state index in [4.69, 9.17) is 9.72 Å². The van der Waals surface area contributed by atoms with Gasteiger partial charge in [0.05, 0.1) is 0 Å². The summed E-state index contributed by atoms with van der Waals surface area (Å²) in [6, 6.07) is 20.1. The fraction of sp³-hybridized carbons (Fsp3) is 0.400. The molecule has 3 aromatic rings. The molecule has 1 amide bonds. The molecule has 0 spiro atoms. The average Bonchev–Trinajstić information content (AvgIpc) is 3.57. The van der Waals surface area contributed by atoms with Crippen LogP contribution in [0.1, 0.15) is 66.4 Å². The molecule has 1 aliphatic carbocycles. The number of nitrogens with one attached hydrogen (secondary N) is 1. The molecule has 0 radical (unpaired) electrons. The van der Waals surface area contributed by atoms with E-state index in [2.05, 4.69) is 10.2 Å². The molecule has 1 saturated heterocycles. The second-order valence-corrected chi connectivity index (χ2v) is 8.52. The molecule has 0 atom stereocenters. The van der Waals surface area contributed by atoms with Crippen LogP contribution in [0.4, 0.5) is 0 Å². The normalized spacial score (nSPS) is 17.3. The third kappa shape index (κ3) is 4.69. The van der Waals surface area contributed by atoms with Gasteiger partial charge in [0, 0.05) is 24.9 Å². The first kappa shape index (κ1) is 19.9. The van der Waals surface area contributed by atoms with Crippen LogP contribution in [-0.2, 0) is 9.53 Å². The van der Waals surface area contributed by atoms with Gasteiger partial charge in [-0.15, -0.1) is 0 Å². The number of benzene rings is 2. The standard InChI is InChI=1S/C25H28N4O2/c30-22(17-31-23(18-7-3-1-4-8-18)19-9-5-2-6-10-19)29-15-13-21(14-16-29)25-26-24(27-28-25)20-11-12-20/h1-10,20-21,23H,11-17H2,(H,26,27,28). The molecule has 2 fully saturated rings. The molecule has 1 saturated carbocycles. The topological polar surface area (TPSA) is 71.1 Å². The summed E-state index contributed by atoms with van der Waals surface area (Å²) in [6.45, 7) is 1.54. The van der Waals surface area contributed by atoms with Gasteiger partial charge in [0.25, 0.3) is 0 Å². The van der Waals surface area contributed by atoms with E-state index < -0.39 is 0 Å². The fourth-order valence-electron chi connectivity index (χ4n) is 4.28. The van der Waals surface area contributed by atoms with Crippen molar-refractivity contribution >= 4 is 5.91 Å². The minimum atomic E-state index is -0.251. The van der Waals surface area contributed by atoms with E-state index >= 15 is 0 Å². The predicted molar refractivity (Wildman–Crippen MR) is 118 cm³/mol. The molecule has 1 aromatic heterocycles. The Morgan fingerprint density at radius 1 is 0.935 bits per heavy atom. The van der Waals surface area contributed by atoms with Gasteiger partial charge in [-0.05, 0) is 36.8 Å². The van der Waals surface area contributed by atoms with Crippen molar-refractivity contribution in [1.82, 2.24) is 20.1 Å². The Balaban J connectivity index is 1.18. The van der Waals surface area contributed by atoms with Crippen molar-refractivity contribution in [2.75, 3.05) is 19.7 Å². The zero-order valence-electron chi connectivity index (χ0n) is 17.6. The number of hydrogen-bond donors (Lipinski definition) is 1. The van der Waals surface area contributed by atoms with Crippen LogP contribution in [0.3, 0.4) is 0 Å². The number of carbonyl (C=O) groups is 1. The Kier molecular flexibility index (Phi) is 5.80. The van der Waals surface area contributed by atoms with Crippen LogP contribution >= 0.6 is 0 Å². The highest BCUT2D eigenvalue weighted by molar-refractivity contribution is 5.77. The third-order valence-corrected chi connectivity index (χ3v) is 6.27. The number of hydrogen-bond acceptors (Lipinski definition) is 4. The van der Waals surface area contributed by atoms with Crippen LogP contribution in [0, 0.1) is 0 Å². The van der Waals surface area contributed by atoms with Gasteiger partial charge >= 0.3 is 0 Å². The van der Waals surface area contributed by atoms with Crippen LogP contribution in [-0.4, -0.2) is 45.7 Å². The molecule has 2 aliphatic rings. The van der Waals surface area contributed by atoms with Gasteiger partial charge in [0.2, 0.25) is 5.91 Å². The van der Waals surface area contributed by atoms with Gasteiger partial charge in [-0.1, -0.05) is 60.7 Å². The maximum atomic E-state index is 12.9. The molecular weight excluding hydrogens is 388 g/mol. The highest BCUT2D eigenvalue weighted by Gasteiger charge is 2.31. The van der Waals surface area contributed by atoms with E-state index in [1.54, 1.807) is 0 Å². The van der Waals surface area contributed by atoms with Crippen LogP contribution in [0.25, 0.3) is 0 Å². The van der Waals surface area contributed by atoms with Crippen molar-refractivity contribution in [3.63, 3.8) is 0 Å². The molecule has 6 heteroatoms. The quantitative estimate of drug-likeness (QED) is 0.627. The number of ether oxygens (including phenoxy) is 1. The fourth-order valence-corrected chi connectivity index (χ4v) is 4.28. The Labute approximate surface area is 182 Å². The average molecular weight is 417 g/mol. The highest BCUT2D eigenvalue weighted by atomic mass is 16.5. The SMILES string of the molecule is O=C(COC(c1ccccc1)c1ccccc1)N1CCC(c2nc(C3CC3)n[nH]2)CC1. The van der Waals surface area contributed by atoms with Crippen LogP contribution < -0.4 is 0 Å². The molecule has 0 unspecified atom stereocenters. The zero-order valence-corrected chi connectivity index (χ0v) is 17.6. The van der Waals surface area contributed by atoms with E-state index in [1.165, 1.54) is 12.8 Å². The summed E-state index contributed by atoms with van der Waals surface area (Å²) in [5, 5.41) is 7.51. The number of likely N-dealkylation sites (tertiary alicyclic amines) is 1. The van der Waals surface area contributed by atoms with Crippen LogP contribution in [0.15, 0.2) is 60.7 Å². The first-order valence-corrected chi connectivity index (χ1v) is 11.2. The van der Waals surface area contributed by atoms with E-state index in [-0.39, 0.29) is 18.6 Å². The Bertz CT molecular complexity index is 953. The lowest BCUT2D eigenvalue weighted by Gasteiger charge is -2.31. The number of aromatic nitrogens is 3. The molecule has 31 heavy (non-hydrogen) atoms. The summed E-state index contributed by atoms with van der Waals surface area (Å²) in [7, 11) is 0. The maximum Gasteiger partial charge on any atom is 0.248 e. The van der Waals surface area contributed by atoms with Crippen molar-refractivity contribution in [3.8, 4) is 0 Å². The lowest BCUT2D eigenvalue weighted by molar-refractivity contribution is -0.138. The molecule has 160 valence electrons. The zero-order chi connectivity index (χ0) is 21.0. The Morgan fingerprint density at radius 2 is 1.55 bits per heavy atom. The van der Waals surface area contributed by atoms with Crippen molar-refractivity contribution < 1.29 is 9.53 Å². The van der Waals surface area contributed by atoms with Gasteiger partial charge in [-0.3, -0.25) is 9.89 Å². The van der Waals surface area contributed by atoms with Gasteiger partial charge in [0.1, 0.15) is 18.5 Å². The maximum absolute atomic E-state index is 12.9. The minimum absolute atomic E-state index is 0.0477. The number of aromatic amines is 1. The number of H-pyrrole nitrogens is 1. The van der Waals surface area contributed by atoms with E-state index in [0.717, 1.165) is 48.7 Å². The number of piperidine rings is 1. The van der Waals surface area contributed by atoms with E-state index in [0.29, 0.717) is 11.8 Å². The van der Waals surface area contributed by atoms with Gasteiger partial charge in [0.15, 0.2) is 5.82 Å². The summed E-state index contributed by atoms with van der Waals surface area (Å²) in [5.41, 5.74) is 2.11. The van der Waals surface area contributed by atoms with E-state index in [9.17, 15) is 4.79 Å². The number of rotatable bonds is 7. The third-order valence-electron chi connectivity index (χ3n) is 6.27. The summed E-state index contributed by atoms with van der Waals surface area (Å²) in [5.74, 6) is 2.91. The second kappa shape index (κ2) is 9.02. The summed E-state index contributed by atoms with van der Waals surface area (Å²) >= 11 is 0. The first-order valence-electron chi connectivity index (χ1n) is 11.2. The van der Waals surface area contributed by atoms with Crippen molar-refractivity contribution in [2.45, 2.75) is 43.6 Å². The number of amides is 1. The second-order valence-electron chi connectivity index (χ2n) is 8.52. The molecule has 1 N–H and O–H groups in total. The largest absolute Gasteiger partial charge is 0.359 e. The molecular formula is C25H28N4O2. The summed E-state index contributed by atoms with van der Waals surface area (Å²) < 4.78 is 6.16. The van der Waals surface area contributed by atoms with Gasteiger partial charge in [-0.25, -0.2) is 4.98 Å². The monoisotopic (exact) mass is 416 g/mol. The van der Waals surface area contributed by atoms with Crippen molar-refractivity contribution in [2.24, 2.45) is 0 Å². The van der Waals surface area contributed by atoms with Crippen LogP contribution in [0.5, 0.6) is 0 Å². The van der Waals surface area contributed by atoms with E-state index in [1.807, 2.05) is 65.6 Å². The molecule has 5 rings (SSSR count). The first-order chi connectivity index (χ1) is 15.3. The number of nitrogens with zero attached hydrogens (tertiary/aromatic N) is 3. The van der Waals surface area contributed by atoms with Gasteiger partial charge < -0.3 is 9.64 Å². The smallest absolute Gasteiger partial charge is 0.248 e. The van der Waals surface area contributed by atoms with Crippen LogP contribution in [0.2, 0.25) is 0 Å². The molecule has 1 aliphatic heterocycles. The summed E-state index contributed by atoms with van der Waals surface area (Å²) in [4.78, 5) is 19.5. The molecule has 2 aromatic carbocycles. The van der Waals surface area contributed by atoms with Crippen molar-refractivity contribution in [1.29, 1.82) is 0 Å². The molecule has 6 nitrogen and oxygen atoms in total.